The zero-order valence-corrected chi connectivity index (χ0v) is 10.9. The van der Waals surface area contributed by atoms with Crippen LogP contribution in [-0.2, 0) is 0 Å². The van der Waals surface area contributed by atoms with Crippen molar-refractivity contribution in [3.05, 3.63) is 16.1 Å². The van der Waals surface area contributed by atoms with E-state index in [1.54, 1.807) is 17.3 Å². The van der Waals surface area contributed by atoms with E-state index in [-0.39, 0.29) is 5.91 Å². The quantitative estimate of drug-likeness (QED) is 0.794. The highest BCUT2D eigenvalue weighted by Crippen LogP contribution is 2.10. The van der Waals surface area contributed by atoms with Crippen LogP contribution >= 0.6 is 27.3 Å². The summed E-state index contributed by atoms with van der Waals surface area (Å²) < 4.78 is 0. The lowest BCUT2D eigenvalue weighted by atomic mass is 10.4. The van der Waals surface area contributed by atoms with Crippen molar-refractivity contribution in [2.75, 3.05) is 13.6 Å². The minimum Gasteiger partial charge on any atom is -0.339 e. The summed E-state index contributed by atoms with van der Waals surface area (Å²) in [6.45, 7) is 4.60. The van der Waals surface area contributed by atoms with Gasteiger partial charge in [0.15, 0.2) is 0 Å². The second-order valence-electron chi connectivity index (χ2n) is 3.22. The highest BCUT2D eigenvalue weighted by atomic mass is 79.9. The maximum Gasteiger partial charge on any atom is 0.273 e. The number of nitrogens with zero attached hydrogens (tertiary/aromatic N) is 2. The molecule has 1 amide bonds. The monoisotopic (exact) mass is 276 g/mol. The Bertz CT molecular complexity index is 324. The Labute approximate surface area is 96.3 Å². The average molecular weight is 277 g/mol. The first-order valence-electron chi connectivity index (χ1n) is 4.32. The summed E-state index contributed by atoms with van der Waals surface area (Å²) in [7, 11) is 1.79. The van der Waals surface area contributed by atoms with Gasteiger partial charge in [-0.1, -0.05) is 22.9 Å². The Balaban J connectivity index is 2.65. The molecule has 1 atom stereocenters. The van der Waals surface area contributed by atoms with E-state index in [4.69, 9.17) is 0 Å². The fourth-order valence-corrected chi connectivity index (χ4v) is 2.14. The Morgan fingerprint density at radius 1 is 1.79 bits per heavy atom. The third kappa shape index (κ3) is 3.06. The molecule has 0 saturated heterocycles. The van der Waals surface area contributed by atoms with Crippen molar-refractivity contribution >= 4 is 33.2 Å². The van der Waals surface area contributed by atoms with Gasteiger partial charge in [-0.25, -0.2) is 4.98 Å². The molecule has 0 N–H and O–H groups in total. The van der Waals surface area contributed by atoms with Crippen LogP contribution in [-0.4, -0.2) is 34.2 Å². The molecule has 0 aromatic carbocycles. The second kappa shape index (κ2) is 4.89. The lowest BCUT2D eigenvalue weighted by Gasteiger charge is -2.17. The van der Waals surface area contributed by atoms with Crippen molar-refractivity contribution in [3.63, 3.8) is 0 Å². The predicted molar refractivity (Wildman–Crippen MR) is 62.2 cm³/mol. The molecular weight excluding hydrogens is 264 g/mol. The normalized spacial score (nSPS) is 12.6. The molecule has 0 aliphatic heterocycles. The van der Waals surface area contributed by atoms with E-state index < -0.39 is 0 Å². The molecule has 5 heteroatoms. The van der Waals surface area contributed by atoms with E-state index in [1.165, 1.54) is 11.3 Å². The van der Waals surface area contributed by atoms with Gasteiger partial charge in [0.05, 0.1) is 5.01 Å². The van der Waals surface area contributed by atoms with E-state index >= 15 is 0 Å². The molecule has 78 valence electrons. The zero-order valence-electron chi connectivity index (χ0n) is 8.45. The zero-order chi connectivity index (χ0) is 10.7. The predicted octanol–water partition coefficient (Wildman–Crippen LogP) is 2.31. The van der Waals surface area contributed by atoms with Gasteiger partial charge in [0.1, 0.15) is 5.69 Å². The maximum absolute atomic E-state index is 11.7. The molecule has 0 spiro atoms. The molecule has 1 heterocycles. The molecule has 0 bridgehead atoms. The van der Waals surface area contributed by atoms with E-state index in [1.807, 2.05) is 13.8 Å². The van der Waals surface area contributed by atoms with Crippen molar-refractivity contribution in [2.24, 2.45) is 0 Å². The minimum atomic E-state index is -0.0133. The van der Waals surface area contributed by atoms with Crippen LogP contribution in [0, 0.1) is 6.92 Å². The van der Waals surface area contributed by atoms with Crippen molar-refractivity contribution in [3.8, 4) is 0 Å². The first-order chi connectivity index (χ1) is 6.50. The van der Waals surface area contributed by atoms with Gasteiger partial charge in [-0.2, -0.15) is 0 Å². The standard InChI is InChI=1S/C9H13BrN2OS/c1-6(10)4-12(3)9(13)8-5-14-7(2)11-8/h5-6H,4H2,1-3H3. The number of hydrogen-bond acceptors (Lipinski definition) is 3. The number of amides is 1. The van der Waals surface area contributed by atoms with Crippen molar-refractivity contribution in [1.29, 1.82) is 0 Å². The fourth-order valence-electron chi connectivity index (χ4n) is 1.12. The van der Waals surface area contributed by atoms with Crippen LogP contribution < -0.4 is 0 Å². The number of aromatic nitrogens is 1. The molecular formula is C9H13BrN2OS. The Morgan fingerprint density at radius 2 is 2.43 bits per heavy atom. The Kier molecular flexibility index (Phi) is 4.07. The van der Waals surface area contributed by atoms with Gasteiger partial charge in [-0.15, -0.1) is 11.3 Å². The second-order valence-corrected chi connectivity index (χ2v) is 5.84. The third-order valence-electron chi connectivity index (χ3n) is 1.71. The number of carbonyl (C=O) groups is 1. The van der Waals surface area contributed by atoms with Crippen LogP contribution in [0.2, 0.25) is 0 Å². The molecule has 1 aromatic heterocycles. The number of aryl methyl sites for hydroxylation is 1. The summed E-state index contributed by atoms with van der Waals surface area (Å²) in [6, 6.07) is 0. The molecule has 14 heavy (non-hydrogen) atoms. The topological polar surface area (TPSA) is 33.2 Å². The molecule has 1 aromatic rings. The third-order valence-corrected chi connectivity index (χ3v) is 2.77. The van der Waals surface area contributed by atoms with Gasteiger partial charge in [0.2, 0.25) is 0 Å². The highest BCUT2D eigenvalue weighted by molar-refractivity contribution is 9.09. The summed E-state index contributed by atoms with van der Waals surface area (Å²) >= 11 is 4.91. The van der Waals surface area contributed by atoms with Crippen LogP contribution in [0.1, 0.15) is 22.4 Å². The molecule has 0 radical (unpaired) electrons. The summed E-state index contributed by atoms with van der Waals surface area (Å²) in [4.78, 5) is 17.9. The van der Waals surface area contributed by atoms with Crippen molar-refractivity contribution in [1.82, 2.24) is 9.88 Å². The molecule has 3 nitrogen and oxygen atoms in total. The lowest BCUT2D eigenvalue weighted by Crippen LogP contribution is -2.31. The van der Waals surface area contributed by atoms with Crippen LogP contribution in [0.3, 0.4) is 0 Å². The van der Waals surface area contributed by atoms with Gasteiger partial charge < -0.3 is 4.90 Å². The first kappa shape index (κ1) is 11.7. The van der Waals surface area contributed by atoms with Gasteiger partial charge in [0.25, 0.3) is 5.91 Å². The van der Waals surface area contributed by atoms with Crippen LogP contribution in [0.4, 0.5) is 0 Å². The number of thiazole rings is 1. The highest BCUT2D eigenvalue weighted by Gasteiger charge is 2.15. The molecule has 0 fully saturated rings. The van der Waals surface area contributed by atoms with E-state index in [2.05, 4.69) is 20.9 Å². The number of hydrogen-bond donors (Lipinski definition) is 0. The molecule has 0 aliphatic carbocycles. The Hall–Kier alpha value is -0.420. The smallest absolute Gasteiger partial charge is 0.273 e. The summed E-state index contributed by atoms with van der Waals surface area (Å²) in [5.41, 5.74) is 0.545. The van der Waals surface area contributed by atoms with Crippen LogP contribution in [0.15, 0.2) is 5.38 Å². The Morgan fingerprint density at radius 3 is 2.86 bits per heavy atom. The molecule has 0 aliphatic rings. The number of rotatable bonds is 3. The minimum absolute atomic E-state index is 0.0133. The van der Waals surface area contributed by atoms with Gasteiger partial charge in [0, 0.05) is 23.8 Å². The van der Waals surface area contributed by atoms with Gasteiger partial charge >= 0.3 is 0 Å². The van der Waals surface area contributed by atoms with Gasteiger partial charge in [-0.05, 0) is 6.92 Å². The lowest BCUT2D eigenvalue weighted by molar-refractivity contribution is 0.0792. The number of alkyl halides is 1. The van der Waals surface area contributed by atoms with Gasteiger partial charge in [-0.3, -0.25) is 4.79 Å². The summed E-state index contributed by atoms with van der Waals surface area (Å²) in [5.74, 6) is -0.0133. The van der Waals surface area contributed by atoms with E-state index in [9.17, 15) is 4.79 Å². The average Bonchev–Trinajstić information content (AvgIpc) is 2.49. The molecule has 1 unspecified atom stereocenters. The summed E-state index contributed by atoms with van der Waals surface area (Å²) in [6.07, 6.45) is 0. The van der Waals surface area contributed by atoms with Crippen molar-refractivity contribution < 1.29 is 4.79 Å². The first-order valence-corrected chi connectivity index (χ1v) is 6.12. The number of halogens is 1. The van der Waals surface area contributed by atoms with Crippen LogP contribution in [0.5, 0.6) is 0 Å². The van der Waals surface area contributed by atoms with Crippen molar-refractivity contribution in [2.45, 2.75) is 18.7 Å². The SMILES string of the molecule is Cc1nc(C(=O)N(C)CC(C)Br)cs1. The van der Waals surface area contributed by atoms with E-state index in [0.717, 1.165) is 5.01 Å². The van der Waals surface area contributed by atoms with E-state index in [0.29, 0.717) is 17.1 Å². The molecule has 1 rings (SSSR count). The van der Waals surface area contributed by atoms with Crippen LogP contribution in [0.25, 0.3) is 0 Å². The fraction of sp³-hybridized carbons (Fsp3) is 0.556. The number of carbonyl (C=O) groups excluding carboxylic acids is 1. The largest absolute Gasteiger partial charge is 0.339 e. The molecule has 0 saturated carbocycles. The summed E-state index contributed by atoms with van der Waals surface area (Å²) in [5, 5.41) is 2.72. The maximum atomic E-state index is 11.7.